The van der Waals surface area contributed by atoms with Crippen LogP contribution in [-0.2, 0) is 4.79 Å². The summed E-state index contributed by atoms with van der Waals surface area (Å²) in [5, 5.41) is 12.0. The van der Waals surface area contributed by atoms with Gasteiger partial charge in [0.05, 0.1) is 5.75 Å². The highest BCUT2D eigenvalue weighted by molar-refractivity contribution is 7.99. The minimum atomic E-state index is 0.0458. The van der Waals surface area contributed by atoms with Crippen molar-refractivity contribution in [2.24, 2.45) is 5.92 Å². The maximum absolute atomic E-state index is 12.1. The number of nitrogens with zero attached hydrogens (tertiary/aromatic N) is 4. The van der Waals surface area contributed by atoms with Gasteiger partial charge in [-0.25, -0.2) is 4.98 Å². The zero-order chi connectivity index (χ0) is 17.5. The van der Waals surface area contributed by atoms with Gasteiger partial charge in [0.2, 0.25) is 5.91 Å². The highest BCUT2D eigenvalue weighted by Gasteiger charge is 2.13. The molecule has 2 rings (SSSR count). The van der Waals surface area contributed by atoms with E-state index in [4.69, 9.17) is 0 Å². The van der Waals surface area contributed by atoms with E-state index in [0.29, 0.717) is 22.6 Å². The molecule has 132 valence electrons. The SMILES string of the molecule is CCCC[C@@H](CC)CNC(=O)CSc1nnc2nc(C)cc(C)n12. The summed E-state index contributed by atoms with van der Waals surface area (Å²) in [5.41, 5.74) is 1.94. The first kappa shape index (κ1) is 18.7. The second-order valence-electron chi connectivity index (χ2n) is 6.17. The molecule has 0 saturated carbocycles. The van der Waals surface area contributed by atoms with Gasteiger partial charge in [0.1, 0.15) is 0 Å². The second-order valence-corrected chi connectivity index (χ2v) is 7.11. The molecule has 2 heterocycles. The largest absolute Gasteiger partial charge is 0.355 e. The molecule has 0 unspecified atom stereocenters. The Bertz CT molecular complexity index is 685. The van der Waals surface area contributed by atoms with Crippen LogP contribution in [-0.4, -0.2) is 37.8 Å². The fraction of sp³-hybridized carbons (Fsp3) is 0.647. The molecule has 7 heteroatoms. The van der Waals surface area contributed by atoms with Crippen molar-refractivity contribution in [3.63, 3.8) is 0 Å². The molecular formula is C17H27N5OS. The summed E-state index contributed by atoms with van der Waals surface area (Å²) in [7, 11) is 0. The van der Waals surface area contributed by atoms with Crippen LogP contribution in [0.2, 0.25) is 0 Å². The van der Waals surface area contributed by atoms with Gasteiger partial charge in [-0.3, -0.25) is 9.20 Å². The summed E-state index contributed by atoms with van der Waals surface area (Å²) < 4.78 is 1.89. The van der Waals surface area contributed by atoms with E-state index < -0.39 is 0 Å². The van der Waals surface area contributed by atoms with Crippen molar-refractivity contribution >= 4 is 23.4 Å². The average Bonchev–Trinajstić information content (AvgIpc) is 2.96. The molecule has 24 heavy (non-hydrogen) atoms. The van der Waals surface area contributed by atoms with E-state index in [1.54, 1.807) is 0 Å². The number of hydrogen-bond acceptors (Lipinski definition) is 5. The lowest BCUT2D eigenvalue weighted by molar-refractivity contribution is -0.118. The van der Waals surface area contributed by atoms with Crippen LogP contribution >= 0.6 is 11.8 Å². The van der Waals surface area contributed by atoms with Gasteiger partial charge < -0.3 is 5.32 Å². The standard InChI is InChI=1S/C17H27N5OS/c1-5-7-8-14(6-2)10-18-15(23)11-24-17-21-20-16-19-12(3)9-13(4)22(16)17/h9,14H,5-8,10-11H2,1-4H3,(H,18,23)/t14-/m1/s1. The van der Waals surface area contributed by atoms with Gasteiger partial charge in [0, 0.05) is 17.9 Å². The first-order chi connectivity index (χ1) is 11.5. The van der Waals surface area contributed by atoms with Crippen LogP contribution in [0.5, 0.6) is 0 Å². The number of fused-ring (bicyclic) bond motifs is 1. The highest BCUT2D eigenvalue weighted by atomic mass is 32.2. The molecule has 1 N–H and O–H groups in total. The van der Waals surface area contributed by atoms with Crippen LogP contribution in [0.4, 0.5) is 0 Å². The van der Waals surface area contributed by atoms with Gasteiger partial charge in [0.25, 0.3) is 5.78 Å². The number of amides is 1. The maximum atomic E-state index is 12.1. The summed E-state index contributed by atoms with van der Waals surface area (Å²) >= 11 is 1.40. The molecule has 6 nitrogen and oxygen atoms in total. The number of thioether (sulfide) groups is 1. The summed E-state index contributed by atoms with van der Waals surface area (Å²) in [4.78, 5) is 16.5. The zero-order valence-electron chi connectivity index (χ0n) is 15.0. The molecule has 1 amide bonds. The Morgan fingerprint density at radius 2 is 2.12 bits per heavy atom. The van der Waals surface area contributed by atoms with Crippen LogP contribution in [0, 0.1) is 19.8 Å². The van der Waals surface area contributed by atoms with Gasteiger partial charge in [-0.1, -0.05) is 44.9 Å². The van der Waals surface area contributed by atoms with Crippen molar-refractivity contribution in [1.29, 1.82) is 0 Å². The van der Waals surface area contributed by atoms with Gasteiger partial charge in [-0.05, 0) is 32.3 Å². The van der Waals surface area contributed by atoms with E-state index in [0.717, 1.165) is 24.4 Å². The number of rotatable bonds is 9. The van der Waals surface area contributed by atoms with Crippen LogP contribution in [0.25, 0.3) is 5.78 Å². The molecule has 0 fully saturated rings. The number of aryl methyl sites for hydroxylation is 2. The smallest absolute Gasteiger partial charge is 0.256 e. The molecule has 0 aliphatic carbocycles. The van der Waals surface area contributed by atoms with Gasteiger partial charge >= 0.3 is 0 Å². The molecule has 2 aromatic heterocycles. The molecule has 0 radical (unpaired) electrons. The van der Waals surface area contributed by atoms with E-state index in [-0.39, 0.29) is 5.91 Å². The molecule has 0 bridgehead atoms. The van der Waals surface area contributed by atoms with Gasteiger partial charge in [-0.2, -0.15) is 0 Å². The summed E-state index contributed by atoms with van der Waals surface area (Å²) in [6, 6.07) is 1.99. The topological polar surface area (TPSA) is 72.2 Å². The van der Waals surface area contributed by atoms with Gasteiger partial charge in [-0.15, -0.1) is 10.2 Å². The lowest BCUT2D eigenvalue weighted by Crippen LogP contribution is -2.30. The molecule has 0 aromatic carbocycles. The van der Waals surface area contributed by atoms with E-state index >= 15 is 0 Å². The average molecular weight is 350 g/mol. The quantitative estimate of drug-likeness (QED) is 0.704. The highest BCUT2D eigenvalue weighted by Crippen LogP contribution is 2.18. The Morgan fingerprint density at radius 1 is 1.33 bits per heavy atom. The number of carbonyl (C=O) groups is 1. The van der Waals surface area contributed by atoms with Crippen molar-refractivity contribution < 1.29 is 4.79 Å². The van der Waals surface area contributed by atoms with Crippen LogP contribution in [0.3, 0.4) is 0 Å². The van der Waals surface area contributed by atoms with Crippen molar-refractivity contribution in [3.8, 4) is 0 Å². The first-order valence-electron chi connectivity index (χ1n) is 8.64. The van der Waals surface area contributed by atoms with Crippen molar-refractivity contribution in [1.82, 2.24) is 24.9 Å². The third-order valence-corrected chi connectivity index (χ3v) is 5.06. The van der Waals surface area contributed by atoms with E-state index in [1.165, 1.54) is 31.0 Å². The maximum Gasteiger partial charge on any atom is 0.256 e. The Balaban J connectivity index is 1.88. The number of aromatic nitrogens is 4. The number of carbonyl (C=O) groups excluding carboxylic acids is 1. The number of nitrogens with one attached hydrogen (secondary N) is 1. The second kappa shape index (κ2) is 9.01. The van der Waals surface area contributed by atoms with Crippen LogP contribution in [0.15, 0.2) is 11.2 Å². The molecule has 0 aliphatic heterocycles. The molecular weight excluding hydrogens is 322 g/mol. The van der Waals surface area contributed by atoms with E-state index in [9.17, 15) is 4.79 Å². The lowest BCUT2D eigenvalue weighted by Gasteiger charge is -2.15. The molecule has 2 aromatic rings. The van der Waals surface area contributed by atoms with E-state index in [1.807, 2.05) is 24.3 Å². The number of hydrogen-bond donors (Lipinski definition) is 1. The molecule has 0 spiro atoms. The summed E-state index contributed by atoms with van der Waals surface area (Å²) in [6.07, 6.45) is 4.71. The van der Waals surface area contributed by atoms with E-state index in [2.05, 4.69) is 34.3 Å². The fourth-order valence-electron chi connectivity index (χ4n) is 2.68. The third-order valence-electron chi connectivity index (χ3n) is 4.13. The Hall–Kier alpha value is -1.63. The third kappa shape index (κ3) is 4.93. The molecule has 0 aliphatic rings. The summed E-state index contributed by atoms with van der Waals surface area (Å²) in [6.45, 7) is 9.07. The van der Waals surface area contributed by atoms with Crippen molar-refractivity contribution in [3.05, 3.63) is 17.5 Å². The monoisotopic (exact) mass is 349 g/mol. The van der Waals surface area contributed by atoms with Crippen molar-refractivity contribution in [2.45, 2.75) is 58.5 Å². The minimum absolute atomic E-state index is 0.0458. The van der Waals surface area contributed by atoms with Crippen molar-refractivity contribution in [2.75, 3.05) is 12.3 Å². The Morgan fingerprint density at radius 3 is 2.83 bits per heavy atom. The van der Waals surface area contributed by atoms with Gasteiger partial charge in [0.15, 0.2) is 5.16 Å². The normalized spacial score (nSPS) is 12.5. The number of unbranched alkanes of at least 4 members (excludes halogenated alkanes) is 1. The zero-order valence-corrected chi connectivity index (χ0v) is 15.8. The predicted octanol–water partition coefficient (Wildman–Crippen LogP) is 3.17. The fourth-order valence-corrected chi connectivity index (χ4v) is 3.49. The summed E-state index contributed by atoms with van der Waals surface area (Å²) in [5.74, 6) is 1.55. The predicted molar refractivity (Wildman–Crippen MR) is 97.3 cm³/mol. The van der Waals surface area contributed by atoms with Crippen LogP contribution in [0.1, 0.15) is 50.9 Å². The van der Waals surface area contributed by atoms with Crippen LogP contribution < -0.4 is 5.32 Å². The minimum Gasteiger partial charge on any atom is -0.355 e. The molecule has 1 atom stereocenters. The Labute approximate surface area is 147 Å². The molecule has 0 saturated heterocycles. The first-order valence-corrected chi connectivity index (χ1v) is 9.62. The lowest BCUT2D eigenvalue weighted by atomic mass is 9.99. The Kier molecular flexibility index (Phi) is 7.02.